The fraction of sp³-hybridized carbons (Fsp3) is 0.150. The van der Waals surface area contributed by atoms with E-state index < -0.39 is 0 Å². The summed E-state index contributed by atoms with van der Waals surface area (Å²) in [6.45, 7) is 2.44. The third-order valence-corrected chi connectivity index (χ3v) is 6.95. The van der Waals surface area contributed by atoms with Crippen LogP contribution in [0.4, 0.5) is 0 Å². The average Bonchev–Trinajstić information content (AvgIpc) is 3.37. The average molecular weight is 413 g/mol. The summed E-state index contributed by atoms with van der Waals surface area (Å²) in [5.74, 6) is 0.332. The number of hydrogen-bond acceptors (Lipinski definition) is 6. The molecule has 0 radical (unpaired) electrons. The van der Waals surface area contributed by atoms with Crippen LogP contribution in [-0.2, 0) is 6.54 Å². The number of fused-ring (bicyclic) bond motifs is 1. The molecule has 27 heavy (non-hydrogen) atoms. The van der Waals surface area contributed by atoms with Crippen molar-refractivity contribution in [3.63, 3.8) is 0 Å². The molecule has 7 heteroatoms. The van der Waals surface area contributed by atoms with Gasteiger partial charge in [-0.2, -0.15) is 0 Å². The molecule has 1 aromatic carbocycles. The molecule has 4 aromatic rings. The van der Waals surface area contributed by atoms with Crippen molar-refractivity contribution < 1.29 is 4.79 Å². The Bertz CT molecular complexity index is 1150. The number of benzene rings is 1. The van der Waals surface area contributed by atoms with Gasteiger partial charge in [0.05, 0.1) is 16.0 Å². The first-order chi connectivity index (χ1) is 13.2. The maximum absolute atomic E-state index is 13.1. The standard InChI is InChI=1S/C20H16N2O2S3/c1-2-22-19(24)17-14(13-7-4-3-5-8-13)11-26-18(17)21-20(22)27-12-15(23)16-9-6-10-25-16/h3-11H,2,12H2,1H3. The van der Waals surface area contributed by atoms with Gasteiger partial charge >= 0.3 is 0 Å². The topological polar surface area (TPSA) is 52.0 Å². The first-order valence-electron chi connectivity index (χ1n) is 8.46. The largest absolute Gasteiger partial charge is 0.292 e. The van der Waals surface area contributed by atoms with Gasteiger partial charge in [0.25, 0.3) is 5.56 Å². The zero-order valence-corrected chi connectivity index (χ0v) is 17.0. The van der Waals surface area contributed by atoms with E-state index in [-0.39, 0.29) is 17.1 Å². The Hall–Kier alpha value is -2.22. The van der Waals surface area contributed by atoms with Crippen LogP contribution in [0.25, 0.3) is 21.3 Å². The van der Waals surface area contributed by atoms with Crippen LogP contribution in [0.5, 0.6) is 0 Å². The molecule has 3 aromatic heterocycles. The molecule has 0 saturated carbocycles. The highest BCUT2D eigenvalue weighted by atomic mass is 32.2. The molecule has 136 valence electrons. The maximum Gasteiger partial charge on any atom is 0.263 e. The summed E-state index contributed by atoms with van der Waals surface area (Å²) in [5, 5.41) is 5.13. The molecule has 0 amide bonds. The van der Waals surface area contributed by atoms with Gasteiger partial charge in [-0.1, -0.05) is 48.2 Å². The van der Waals surface area contributed by atoms with E-state index in [0.717, 1.165) is 20.8 Å². The molecular weight excluding hydrogens is 396 g/mol. The van der Waals surface area contributed by atoms with Gasteiger partial charge in [-0.3, -0.25) is 14.2 Å². The Kier molecular flexibility index (Phi) is 5.24. The van der Waals surface area contributed by atoms with Gasteiger partial charge in [-0.25, -0.2) is 4.98 Å². The predicted molar refractivity (Wildman–Crippen MR) is 114 cm³/mol. The number of rotatable bonds is 6. The fourth-order valence-electron chi connectivity index (χ4n) is 2.86. The van der Waals surface area contributed by atoms with Crippen LogP contribution in [0, 0.1) is 0 Å². The lowest BCUT2D eigenvalue weighted by molar-refractivity contribution is 0.102. The van der Waals surface area contributed by atoms with E-state index in [9.17, 15) is 9.59 Å². The summed E-state index contributed by atoms with van der Waals surface area (Å²) in [6.07, 6.45) is 0. The van der Waals surface area contributed by atoms with E-state index in [1.807, 2.05) is 60.1 Å². The van der Waals surface area contributed by atoms with Crippen LogP contribution in [0.1, 0.15) is 16.6 Å². The highest BCUT2D eigenvalue weighted by molar-refractivity contribution is 7.99. The number of carbonyl (C=O) groups excluding carboxylic acids is 1. The second-order valence-corrected chi connectivity index (χ2v) is 8.58. The summed E-state index contributed by atoms with van der Waals surface area (Å²) in [7, 11) is 0. The Morgan fingerprint density at radius 1 is 1.15 bits per heavy atom. The van der Waals surface area contributed by atoms with Gasteiger partial charge in [0, 0.05) is 17.5 Å². The molecule has 3 heterocycles. The van der Waals surface area contributed by atoms with Gasteiger partial charge in [0.15, 0.2) is 10.9 Å². The van der Waals surface area contributed by atoms with E-state index in [4.69, 9.17) is 4.98 Å². The van der Waals surface area contributed by atoms with Crippen molar-refractivity contribution in [3.8, 4) is 11.1 Å². The van der Waals surface area contributed by atoms with Crippen molar-refractivity contribution in [3.05, 3.63) is 68.5 Å². The van der Waals surface area contributed by atoms with Gasteiger partial charge in [-0.05, 0) is 23.9 Å². The number of carbonyl (C=O) groups is 1. The Morgan fingerprint density at radius 2 is 1.96 bits per heavy atom. The summed E-state index contributed by atoms with van der Waals surface area (Å²) in [5.41, 5.74) is 1.88. The Balaban J connectivity index is 1.73. The Morgan fingerprint density at radius 3 is 2.67 bits per heavy atom. The summed E-state index contributed by atoms with van der Waals surface area (Å²) >= 11 is 4.23. The lowest BCUT2D eigenvalue weighted by atomic mass is 10.1. The number of thiophene rings is 2. The number of ketones is 1. The highest BCUT2D eigenvalue weighted by Crippen LogP contribution is 2.32. The van der Waals surface area contributed by atoms with Crippen LogP contribution < -0.4 is 5.56 Å². The van der Waals surface area contributed by atoms with E-state index >= 15 is 0 Å². The molecule has 0 N–H and O–H groups in total. The first-order valence-corrected chi connectivity index (χ1v) is 11.2. The number of Topliss-reactive ketones (excluding diaryl/α,β-unsaturated/α-hetero) is 1. The Labute approximate surface area is 168 Å². The van der Waals surface area contributed by atoms with E-state index in [1.165, 1.54) is 34.4 Å². The van der Waals surface area contributed by atoms with Crippen LogP contribution in [-0.4, -0.2) is 21.1 Å². The van der Waals surface area contributed by atoms with Gasteiger partial charge in [0.1, 0.15) is 4.83 Å². The van der Waals surface area contributed by atoms with E-state index in [1.54, 1.807) is 4.57 Å². The first kappa shape index (κ1) is 18.2. The number of hydrogen-bond donors (Lipinski definition) is 0. The summed E-state index contributed by atoms with van der Waals surface area (Å²) < 4.78 is 1.66. The molecule has 0 aliphatic carbocycles. The minimum absolute atomic E-state index is 0.0475. The van der Waals surface area contributed by atoms with Crippen molar-refractivity contribution in [2.45, 2.75) is 18.6 Å². The number of aromatic nitrogens is 2. The monoisotopic (exact) mass is 412 g/mol. The molecular formula is C20H16N2O2S3. The van der Waals surface area contributed by atoms with Crippen LogP contribution in [0.15, 0.2) is 63.2 Å². The number of thioether (sulfide) groups is 1. The van der Waals surface area contributed by atoms with E-state index in [0.29, 0.717) is 17.1 Å². The predicted octanol–water partition coefficient (Wildman–Crippen LogP) is 5.18. The normalized spacial score (nSPS) is 11.1. The SMILES string of the molecule is CCn1c(SCC(=O)c2cccs2)nc2scc(-c3ccccc3)c2c1=O. The molecule has 0 aliphatic rings. The van der Waals surface area contributed by atoms with Crippen LogP contribution in [0.3, 0.4) is 0 Å². The minimum Gasteiger partial charge on any atom is -0.292 e. The molecule has 0 bridgehead atoms. The molecule has 0 atom stereocenters. The lowest BCUT2D eigenvalue weighted by Gasteiger charge is -2.10. The fourth-order valence-corrected chi connectivity index (χ4v) is 5.55. The molecule has 4 rings (SSSR count). The van der Waals surface area contributed by atoms with Crippen molar-refractivity contribution >= 4 is 50.4 Å². The van der Waals surface area contributed by atoms with Crippen molar-refractivity contribution in [2.24, 2.45) is 0 Å². The zero-order valence-electron chi connectivity index (χ0n) is 14.5. The molecule has 0 spiro atoms. The number of nitrogens with zero attached hydrogens (tertiary/aromatic N) is 2. The smallest absolute Gasteiger partial charge is 0.263 e. The zero-order chi connectivity index (χ0) is 18.8. The third kappa shape index (κ3) is 3.50. The summed E-state index contributed by atoms with van der Waals surface area (Å²) in [6, 6.07) is 13.6. The van der Waals surface area contributed by atoms with Gasteiger partial charge in [-0.15, -0.1) is 22.7 Å². The van der Waals surface area contributed by atoms with Gasteiger partial charge in [0.2, 0.25) is 0 Å². The van der Waals surface area contributed by atoms with Gasteiger partial charge < -0.3 is 0 Å². The molecule has 0 unspecified atom stereocenters. The maximum atomic E-state index is 13.1. The minimum atomic E-state index is -0.0475. The van der Waals surface area contributed by atoms with E-state index in [2.05, 4.69) is 0 Å². The van der Waals surface area contributed by atoms with Crippen molar-refractivity contribution in [1.82, 2.24) is 9.55 Å². The van der Waals surface area contributed by atoms with Crippen molar-refractivity contribution in [1.29, 1.82) is 0 Å². The molecule has 0 saturated heterocycles. The highest BCUT2D eigenvalue weighted by Gasteiger charge is 2.18. The lowest BCUT2D eigenvalue weighted by Crippen LogP contribution is -2.22. The third-order valence-electron chi connectivity index (χ3n) is 4.19. The molecule has 4 nitrogen and oxygen atoms in total. The van der Waals surface area contributed by atoms with Crippen LogP contribution >= 0.6 is 34.4 Å². The summed E-state index contributed by atoms with van der Waals surface area (Å²) in [4.78, 5) is 31.6. The second kappa shape index (κ2) is 7.80. The quantitative estimate of drug-likeness (QED) is 0.249. The van der Waals surface area contributed by atoms with Crippen LogP contribution in [0.2, 0.25) is 0 Å². The molecule has 0 aliphatic heterocycles. The molecule has 0 fully saturated rings. The second-order valence-electron chi connectivity index (χ2n) is 5.83. The van der Waals surface area contributed by atoms with Crippen molar-refractivity contribution in [2.75, 3.05) is 5.75 Å².